The van der Waals surface area contributed by atoms with Crippen molar-refractivity contribution in [3.8, 4) is 0 Å². The van der Waals surface area contributed by atoms with Crippen LogP contribution in [0.2, 0.25) is 0 Å². The van der Waals surface area contributed by atoms with Gasteiger partial charge in [-0.05, 0) is 32.2 Å². The summed E-state index contributed by atoms with van der Waals surface area (Å²) in [7, 11) is 0. The van der Waals surface area contributed by atoms with Crippen molar-refractivity contribution in [2.45, 2.75) is 64.0 Å². The largest absolute Gasteiger partial charge is 0.481 e. The van der Waals surface area contributed by atoms with Crippen LogP contribution in [-0.2, 0) is 9.59 Å². The third kappa shape index (κ3) is 5.04. The molecule has 1 fully saturated rings. The Balaban J connectivity index is 2.23. The van der Waals surface area contributed by atoms with Crippen LogP contribution in [0, 0.1) is 0 Å². The number of carbonyl (C=O) groups excluding carboxylic acids is 1. The summed E-state index contributed by atoms with van der Waals surface area (Å²) in [4.78, 5) is 22.5. The van der Waals surface area contributed by atoms with Crippen LogP contribution in [0.15, 0.2) is 0 Å². The first-order valence-corrected chi connectivity index (χ1v) is 6.70. The summed E-state index contributed by atoms with van der Waals surface area (Å²) in [5.41, 5.74) is -0.464. The van der Waals surface area contributed by atoms with Crippen LogP contribution in [0.1, 0.15) is 52.4 Å². The fraction of sp³-hybridized carbons (Fsp3) is 0.846. The highest BCUT2D eigenvalue weighted by atomic mass is 16.4. The number of carboxylic acids is 1. The molecule has 5 nitrogen and oxygen atoms in total. The van der Waals surface area contributed by atoms with E-state index in [0.29, 0.717) is 12.5 Å². The third-order valence-corrected chi connectivity index (χ3v) is 3.34. The molecule has 1 aliphatic carbocycles. The van der Waals surface area contributed by atoms with E-state index in [4.69, 9.17) is 5.11 Å². The lowest BCUT2D eigenvalue weighted by molar-refractivity contribution is -0.140. The van der Waals surface area contributed by atoms with E-state index in [9.17, 15) is 9.59 Å². The number of hydrogen-bond donors (Lipinski definition) is 3. The molecule has 1 rings (SSSR count). The molecule has 0 aromatic rings. The summed E-state index contributed by atoms with van der Waals surface area (Å²) in [5.74, 6) is -0.863. The molecular formula is C13H24N2O3. The summed E-state index contributed by atoms with van der Waals surface area (Å²) in [6.45, 7) is 4.95. The Morgan fingerprint density at radius 3 is 2.44 bits per heavy atom. The standard InChI is InChI=1S/C13H24N2O3/c1-10(2)14-8-3-5-11(16)15-13(6-4-7-13)9-12(17)18/h10,14H,3-9H2,1-2H3,(H,15,16)(H,17,18). The number of nitrogens with one attached hydrogen (secondary N) is 2. The summed E-state index contributed by atoms with van der Waals surface area (Å²) in [6, 6.07) is 0.429. The van der Waals surface area contributed by atoms with Crippen molar-refractivity contribution in [2.75, 3.05) is 6.54 Å². The average molecular weight is 256 g/mol. The molecule has 0 heterocycles. The normalized spacial score (nSPS) is 17.3. The minimum Gasteiger partial charge on any atom is -0.481 e. The highest BCUT2D eigenvalue weighted by Gasteiger charge is 2.40. The van der Waals surface area contributed by atoms with Gasteiger partial charge in [-0.15, -0.1) is 0 Å². The van der Waals surface area contributed by atoms with Gasteiger partial charge in [0.1, 0.15) is 0 Å². The molecule has 0 aliphatic heterocycles. The average Bonchev–Trinajstić information content (AvgIpc) is 2.20. The van der Waals surface area contributed by atoms with Gasteiger partial charge in [-0.25, -0.2) is 0 Å². The van der Waals surface area contributed by atoms with E-state index >= 15 is 0 Å². The second-order valence-corrected chi connectivity index (χ2v) is 5.46. The van der Waals surface area contributed by atoms with Crippen molar-refractivity contribution in [3.63, 3.8) is 0 Å². The zero-order valence-electron chi connectivity index (χ0n) is 11.3. The SMILES string of the molecule is CC(C)NCCCC(=O)NC1(CC(=O)O)CCC1. The van der Waals surface area contributed by atoms with E-state index in [0.717, 1.165) is 32.2 Å². The van der Waals surface area contributed by atoms with Crippen molar-refractivity contribution in [2.24, 2.45) is 0 Å². The van der Waals surface area contributed by atoms with Crippen molar-refractivity contribution < 1.29 is 14.7 Å². The van der Waals surface area contributed by atoms with Crippen LogP contribution in [-0.4, -0.2) is 35.1 Å². The molecule has 0 bridgehead atoms. The topological polar surface area (TPSA) is 78.4 Å². The lowest BCUT2D eigenvalue weighted by Gasteiger charge is -2.41. The van der Waals surface area contributed by atoms with Crippen molar-refractivity contribution >= 4 is 11.9 Å². The number of aliphatic carboxylic acids is 1. The van der Waals surface area contributed by atoms with E-state index in [-0.39, 0.29) is 12.3 Å². The quantitative estimate of drug-likeness (QED) is 0.572. The highest BCUT2D eigenvalue weighted by molar-refractivity contribution is 5.78. The maximum Gasteiger partial charge on any atom is 0.305 e. The first-order valence-electron chi connectivity index (χ1n) is 6.70. The third-order valence-electron chi connectivity index (χ3n) is 3.34. The number of hydrogen-bond acceptors (Lipinski definition) is 3. The summed E-state index contributed by atoms with van der Waals surface area (Å²) < 4.78 is 0. The first-order chi connectivity index (χ1) is 8.43. The van der Waals surface area contributed by atoms with Crippen molar-refractivity contribution in [1.82, 2.24) is 10.6 Å². The second-order valence-electron chi connectivity index (χ2n) is 5.46. The molecule has 104 valence electrons. The predicted octanol–water partition coefficient (Wildman–Crippen LogP) is 1.28. The van der Waals surface area contributed by atoms with Gasteiger partial charge in [-0.1, -0.05) is 13.8 Å². The smallest absolute Gasteiger partial charge is 0.305 e. The molecule has 1 amide bonds. The molecule has 0 radical (unpaired) electrons. The molecule has 3 N–H and O–H groups in total. The summed E-state index contributed by atoms with van der Waals surface area (Å²) >= 11 is 0. The lowest BCUT2D eigenvalue weighted by Crippen LogP contribution is -2.54. The Labute approximate surface area is 108 Å². The molecule has 0 aromatic carbocycles. The van der Waals surface area contributed by atoms with Crippen molar-refractivity contribution in [3.05, 3.63) is 0 Å². The molecule has 0 aromatic heterocycles. The summed E-state index contributed by atoms with van der Waals surface area (Å²) in [6.07, 6.45) is 3.87. The van der Waals surface area contributed by atoms with Gasteiger partial charge in [0, 0.05) is 12.5 Å². The van der Waals surface area contributed by atoms with Gasteiger partial charge >= 0.3 is 5.97 Å². The zero-order chi connectivity index (χ0) is 13.6. The van der Waals surface area contributed by atoms with E-state index < -0.39 is 11.5 Å². The zero-order valence-corrected chi connectivity index (χ0v) is 11.3. The van der Waals surface area contributed by atoms with E-state index in [2.05, 4.69) is 24.5 Å². The van der Waals surface area contributed by atoms with Gasteiger partial charge in [0.2, 0.25) is 5.91 Å². The molecule has 0 saturated heterocycles. The van der Waals surface area contributed by atoms with E-state index in [1.807, 2.05) is 0 Å². The second kappa shape index (κ2) is 6.73. The van der Waals surface area contributed by atoms with Crippen LogP contribution >= 0.6 is 0 Å². The predicted molar refractivity (Wildman–Crippen MR) is 69.4 cm³/mol. The molecular weight excluding hydrogens is 232 g/mol. The monoisotopic (exact) mass is 256 g/mol. The molecule has 18 heavy (non-hydrogen) atoms. The van der Waals surface area contributed by atoms with Crippen LogP contribution < -0.4 is 10.6 Å². The Hall–Kier alpha value is -1.10. The maximum atomic E-state index is 11.7. The fourth-order valence-corrected chi connectivity index (χ4v) is 2.24. The van der Waals surface area contributed by atoms with Gasteiger partial charge in [0.15, 0.2) is 0 Å². The molecule has 1 aliphatic rings. The molecule has 0 atom stereocenters. The first kappa shape index (κ1) is 15.0. The van der Waals surface area contributed by atoms with Gasteiger partial charge in [0.05, 0.1) is 12.0 Å². The number of carboxylic acid groups (broad SMARTS) is 1. The van der Waals surface area contributed by atoms with Gasteiger partial charge in [0.25, 0.3) is 0 Å². The molecule has 5 heteroatoms. The highest BCUT2D eigenvalue weighted by Crippen LogP contribution is 2.34. The fourth-order valence-electron chi connectivity index (χ4n) is 2.24. The van der Waals surface area contributed by atoms with Gasteiger partial charge < -0.3 is 15.7 Å². The van der Waals surface area contributed by atoms with Gasteiger partial charge in [-0.2, -0.15) is 0 Å². The molecule has 1 saturated carbocycles. The van der Waals surface area contributed by atoms with Crippen LogP contribution in [0.4, 0.5) is 0 Å². The van der Waals surface area contributed by atoms with Crippen LogP contribution in [0.3, 0.4) is 0 Å². The Kier molecular flexibility index (Phi) is 5.59. The Morgan fingerprint density at radius 1 is 1.33 bits per heavy atom. The minimum absolute atomic E-state index is 0.0264. The minimum atomic E-state index is -0.837. The van der Waals surface area contributed by atoms with Crippen LogP contribution in [0.5, 0.6) is 0 Å². The number of rotatable bonds is 8. The lowest BCUT2D eigenvalue weighted by atomic mass is 9.74. The van der Waals surface area contributed by atoms with Crippen LogP contribution in [0.25, 0.3) is 0 Å². The van der Waals surface area contributed by atoms with E-state index in [1.54, 1.807) is 0 Å². The number of carbonyl (C=O) groups is 2. The molecule has 0 spiro atoms. The Morgan fingerprint density at radius 2 is 2.00 bits per heavy atom. The summed E-state index contributed by atoms with van der Waals surface area (Å²) in [5, 5.41) is 15.0. The Bertz CT molecular complexity index is 299. The van der Waals surface area contributed by atoms with E-state index in [1.165, 1.54) is 0 Å². The number of amides is 1. The van der Waals surface area contributed by atoms with Gasteiger partial charge in [-0.3, -0.25) is 9.59 Å². The maximum absolute atomic E-state index is 11.7. The molecule has 0 unspecified atom stereocenters. The van der Waals surface area contributed by atoms with Crippen molar-refractivity contribution in [1.29, 1.82) is 0 Å².